The molecule has 0 aromatic carbocycles. The van der Waals surface area contributed by atoms with Crippen molar-refractivity contribution in [2.75, 3.05) is 0 Å². The van der Waals surface area contributed by atoms with Gasteiger partial charge < -0.3 is 19.6 Å². The molecule has 15 heavy (non-hydrogen) atoms. The van der Waals surface area contributed by atoms with Crippen LogP contribution in [0.25, 0.3) is 0 Å². The molecule has 7 nitrogen and oxygen atoms in total. The number of aliphatic hydroxyl groups is 3. The van der Waals surface area contributed by atoms with Crippen molar-refractivity contribution in [3.05, 3.63) is 18.0 Å². The van der Waals surface area contributed by atoms with Crippen molar-refractivity contribution < 1.29 is 24.4 Å². The molecule has 0 spiro atoms. The minimum Gasteiger partial charge on any atom is -0.348 e. The molecule has 0 aliphatic carbocycles. The first kappa shape index (κ1) is 11.9. The van der Waals surface area contributed by atoms with Crippen molar-refractivity contribution in [2.45, 2.75) is 18.9 Å². The van der Waals surface area contributed by atoms with E-state index in [1.807, 2.05) is 0 Å². The molecule has 0 amide bonds. The second kappa shape index (κ2) is 4.58. The summed E-state index contributed by atoms with van der Waals surface area (Å²) in [7, 11) is 0. The van der Waals surface area contributed by atoms with Crippen molar-refractivity contribution >= 4 is 17.8 Å². The fourth-order valence-electron chi connectivity index (χ4n) is 0.938. The van der Waals surface area contributed by atoms with Crippen molar-refractivity contribution in [3.8, 4) is 0 Å². The molecule has 0 aliphatic rings. The predicted octanol–water partition coefficient (Wildman–Crippen LogP) is -0.943. The van der Waals surface area contributed by atoms with Crippen LogP contribution in [0, 0.1) is 0 Å². The SMILES string of the molecule is O=C(CCc1cnn(C(O)(O)O)c1)OCl. The van der Waals surface area contributed by atoms with Gasteiger partial charge in [-0.1, -0.05) is 0 Å². The standard InChI is InChI=1S/C7H9ClN2O5/c8-15-6(11)2-1-5-3-9-10(4-5)7(12,13)14/h3-4,12-14H,1-2H2. The Balaban J connectivity index is 2.58. The maximum atomic E-state index is 10.7. The minimum atomic E-state index is -3.04. The monoisotopic (exact) mass is 236 g/mol. The highest BCUT2D eigenvalue weighted by Gasteiger charge is 2.22. The molecule has 1 aromatic heterocycles. The maximum absolute atomic E-state index is 10.7. The maximum Gasteiger partial charge on any atom is 0.389 e. The van der Waals surface area contributed by atoms with Gasteiger partial charge >= 0.3 is 12.1 Å². The molecule has 0 saturated heterocycles. The van der Waals surface area contributed by atoms with Crippen molar-refractivity contribution in [3.63, 3.8) is 0 Å². The van der Waals surface area contributed by atoms with Crippen molar-refractivity contribution in [1.29, 1.82) is 0 Å². The van der Waals surface area contributed by atoms with E-state index in [9.17, 15) is 4.79 Å². The van der Waals surface area contributed by atoms with Gasteiger partial charge in [0, 0.05) is 6.20 Å². The molecule has 1 rings (SSSR count). The average Bonchev–Trinajstić information content (AvgIpc) is 2.61. The third-order valence-electron chi connectivity index (χ3n) is 1.65. The number of hydrogen-bond donors (Lipinski definition) is 3. The summed E-state index contributed by atoms with van der Waals surface area (Å²) >= 11 is 4.81. The molecular formula is C7H9ClN2O5. The number of halogens is 1. The molecule has 1 aromatic rings. The molecule has 84 valence electrons. The Hall–Kier alpha value is -1.15. The summed E-state index contributed by atoms with van der Waals surface area (Å²) < 4.78 is 4.44. The van der Waals surface area contributed by atoms with Crippen LogP contribution in [0.4, 0.5) is 0 Å². The molecule has 8 heteroatoms. The summed E-state index contributed by atoms with van der Waals surface area (Å²) in [6.45, 7) is 0. The summed E-state index contributed by atoms with van der Waals surface area (Å²) in [5, 5.41) is 29.6. The molecule has 0 aliphatic heterocycles. The Kier molecular flexibility index (Phi) is 3.64. The Labute approximate surface area is 89.6 Å². The first-order valence-corrected chi connectivity index (χ1v) is 4.27. The van der Waals surface area contributed by atoms with E-state index in [2.05, 4.69) is 9.39 Å². The van der Waals surface area contributed by atoms with Crippen LogP contribution < -0.4 is 0 Å². The summed E-state index contributed by atoms with van der Waals surface area (Å²) in [6, 6.07) is 0. The zero-order chi connectivity index (χ0) is 11.5. The summed E-state index contributed by atoms with van der Waals surface area (Å²) in [4.78, 5) is 10.7. The van der Waals surface area contributed by atoms with Gasteiger partial charge in [0.2, 0.25) is 0 Å². The van der Waals surface area contributed by atoms with Crippen LogP contribution in [-0.2, 0) is 21.6 Å². The Morgan fingerprint density at radius 3 is 2.73 bits per heavy atom. The largest absolute Gasteiger partial charge is 0.389 e. The predicted molar refractivity (Wildman–Crippen MR) is 47.1 cm³/mol. The van der Waals surface area contributed by atoms with Gasteiger partial charge in [-0.25, -0.2) is 0 Å². The zero-order valence-corrected chi connectivity index (χ0v) is 8.26. The van der Waals surface area contributed by atoms with Gasteiger partial charge in [-0.15, -0.1) is 0 Å². The van der Waals surface area contributed by atoms with E-state index in [1.54, 1.807) is 0 Å². The number of aryl methyl sites for hydroxylation is 1. The normalized spacial score (nSPS) is 11.5. The lowest BCUT2D eigenvalue weighted by Gasteiger charge is -2.12. The molecule has 0 bridgehead atoms. The van der Waals surface area contributed by atoms with Crippen LogP contribution in [0.5, 0.6) is 0 Å². The third-order valence-corrected chi connectivity index (χ3v) is 1.82. The quantitative estimate of drug-likeness (QED) is 0.583. The van der Waals surface area contributed by atoms with Crippen LogP contribution in [0.1, 0.15) is 12.0 Å². The first-order chi connectivity index (χ1) is 6.93. The lowest BCUT2D eigenvalue weighted by atomic mass is 10.2. The van der Waals surface area contributed by atoms with E-state index in [0.29, 0.717) is 10.2 Å². The molecule has 3 N–H and O–H groups in total. The van der Waals surface area contributed by atoms with Gasteiger partial charge in [-0.05, 0) is 12.0 Å². The molecule has 0 atom stereocenters. The topological polar surface area (TPSA) is 105 Å². The fourth-order valence-corrected chi connectivity index (χ4v) is 1.02. The Morgan fingerprint density at radius 1 is 1.60 bits per heavy atom. The average molecular weight is 237 g/mol. The van der Waals surface area contributed by atoms with Gasteiger partial charge in [0.05, 0.1) is 12.6 Å². The van der Waals surface area contributed by atoms with E-state index in [0.717, 1.165) is 0 Å². The third kappa shape index (κ3) is 3.48. The van der Waals surface area contributed by atoms with Crippen LogP contribution >= 0.6 is 11.9 Å². The van der Waals surface area contributed by atoms with E-state index in [1.165, 1.54) is 12.4 Å². The molecule has 0 radical (unpaired) electrons. The van der Waals surface area contributed by atoms with Crippen molar-refractivity contribution in [2.24, 2.45) is 0 Å². The van der Waals surface area contributed by atoms with Crippen LogP contribution in [0.2, 0.25) is 0 Å². The Morgan fingerprint density at radius 2 is 2.27 bits per heavy atom. The van der Waals surface area contributed by atoms with Crippen LogP contribution in [0.15, 0.2) is 12.4 Å². The number of carbonyl (C=O) groups excluding carboxylic acids is 1. The lowest BCUT2D eigenvalue weighted by Crippen LogP contribution is -2.32. The van der Waals surface area contributed by atoms with Gasteiger partial charge in [0.1, 0.15) is 11.9 Å². The van der Waals surface area contributed by atoms with Gasteiger partial charge in [0.15, 0.2) is 0 Å². The molecule has 0 unspecified atom stereocenters. The highest BCUT2D eigenvalue weighted by Crippen LogP contribution is 2.08. The number of rotatable bonds is 4. The molecular weight excluding hydrogens is 228 g/mol. The fraction of sp³-hybridized carbons (Fsp3) is 0.429. The van der Waals surface area contributed by atoms with Gasteiger partial charge in [0.25, 0.3) is 0 Å². The smallest absolute Gasteiger partial charge is 0.348 e. The van der Waals surface area contributed by atoms with E-state index in [4.69, 9.17) is 27.2 Å². The van der Waals surface area contributed by atoms with E-state index < -0.39 is 12.1 Å². The number of hydrogen-bond acceptors (Lipinski definition) is 6. The highest BCUT2D eigenvalue weighted by atomic mass is 35.5. The van der Waals surface area contributed by atoms with Gasteiger partial charge in [-0.2, -0.15) is 9.78 Å². The summed E-state index contributed by atoms with van der Waals surface area (Å²) in [6.07, 6.45) is -0.280. The Bertz CT molecular complexity index is 345. The second-order valence-corrected chi connectivity index (χ2v) is 3.00. The molecule has 0 fully saturated rings. The molecule has 1 heterocycles. The second-order valence-electron chi connectivity index (χ2n) is 2.84. The van der Waals surface area contributed by atoms with E-state index >= 15 is 0 Å². The highest BCUT2D eigenvalue weighted by molar-refractivity contribution is 6.13. The molecule has 0 saturated carbocycles. The van der Waals surface area contributed by atoms with Crippen LogP contribution in [0.3, 0.4) is 0 Å². The summed E-state index contributed by atoms with van der Waals surface area (Å²) in [5.74, 6) is -0.604. The van der Waals surface area contributed by atoms with Gasteiger partial charge in [-0.3, -0.25) is 4.79 Å². The summed E-state index contributed by atoms with van der Waals surface area (Å²) in [5.41, 5.74) is 0.526. The number of aromatic nitrogens is 2. The lowest BCUT2D eigenvalue weighted by molar-refractivity contribution is -0.380. The van der Waals surface area contributed by atoms with Crippen molar-refractivity contribution in [1.82, 2.24) is 9.78 Å². The first-order valence-electron chi connectivity index (χ1n) is 3.96. The van der Waals surface area contributed by atoms with Crippen LogP contribution in [-0.4, -0.2) is 31.1 Å². The number of carbonyl (C=O) groups is 1. The minimum absolute atomic E-state index is 0.0322. The van der Waals surface area contributed by atoms with E-state index in [-0.39, 0.29) is 12.8 Å². The number of nitrogens with zero attached hydrogens (tertiary/aromatic N) is 2. The zero-order valence-electron chi connectivity index (χ0n) is 7.50.